The summed E-state index contributed by atoms with van der Waals surface area (Å²) in [6.45, 7) is 4.64. The summed E-state index contributed by atoms with van der Waals surface area (Å²) in [6.07, 6.45) is 1.72. The van der Waals surface area contributed by atoms with Crippen molar-refractivity contribution < 1.29 is 4.79 Å². The molecule has 0 bridgehead atoms. The summed E-state index contributed by atoms with van der Waals surface area (Å²) in [5, 5.41) is 0. The first kappa shape index (κ1) is 14.8. The molecule has 0 aromatic heterocycles. The van der Waals surface area contributed by atoms with Crippen LogP contribution in [0.4, 0.5) is 0 Å². The lowest BCUT2D eigenvalue weighted by atomic mass is 10.2. The summed E-state index contributed by atoms with van der Waals surface area (Å²) >= 11 is 0. The van der Waals surface area contributed by atoms with Crippen molar-refractivity contribution in [2.24, 2.45) is 0 Å². The van der Waals surface area contributed by atoms with E-state index in [0.717, 1.165) is 19.4 Å². The van der Waals surface area contributed by atoms with E-state index in [0.29, 0.717) is 0 Å². The lowest BCUT2D eigenvalue weighted by molar-refractivity contribution is -0.117. The van der Waals surface area contributed by atoms with Gasteiger partial charge in [-0.15, -0.1) is 0 Å². The molecule has 0 atom stereocenters. The van der Waals surface area contributed by atoms with Crippen LogP contribution in [-0.2, 0) is 11.3 Å². The zero-order valence-electron chi connectivity index (χ0n) is 10.9. The molecule has 0 radical (unpaired) electrons. The van der Waals surface area contributed by atoms with Gasteiger partial charge >= 0.3 is 0 Å². The van der Waals surface area contributed by atoms with Crippen LogP contribution in [0, 0.1) is 0 Å². The molecular formula is C14H23NO. The van der Waals surface area contributed by atoms with Crippen LogP contribution in [0.5, 0.6) is 0 Å². The molecule has 0 aliphatic heterocycles. The highest BCUT2D eigenvalue weighted by Crippen LogP contribution is 1.99. The van der Waals surface area contributed by atoms with E-state index in [9.17, 15) is 4.79 Å². The number of Topliss-reactive ketones (excluding diaryl/α,β-unsaturated/α-hetero) is 1. The summed E-state index contributed by atoms with van der Waals surface area (Å²) in [6, 6.07) is 10.5. The number of nitrogens with zero attached hydrogens (tertiary/aromatic N) is 1. The third-order valence-electron chi connectivity index (χ3n) is 1.94. The lowest BCUT2D eigenvalue weighted by Gasteiger charge is -2.08. The monoisotopic (exact) mass is 221 g/mol. The largest absolute Gasteiger partial charge is 0.305 e. The van der Waals surface area contributed by atoms with Crippen molar-refractivity contribution in [3.05, 3.63) is 35.9 Å². The van der Waals surface area contributed by atoms with E-state index in [1.54, 1.807) is 6.92 Å². The highest BCUT2D eigenvalue weighted by molar-refractivity contribution is 5.75. The van der Waals surface area contributed by atoms with Crippen molar-refractivity contribution in [2.75, 3.05) is 14.1 Å². The summed E-state index contributed by atoms with van der Waals surface area (Å²) in [4.78, 5) is 12.2. The van der Waals surface area contributed by atoms with Crippen molar-refractivity contribution in [2.45, 2.75) is 33.2 Å². The number of ketones is 1. The van der Waals surface area contributed by atoms with Crippen LogP contribution in [0.1, 0.15) is 32.3 Å². The Kier molecular flexibility index (Phi) is 8.45. The quantitative estimate of drug-likeness (QED) is 0.778. The molecule has 0 saturated carbocycles. The van der Waals surface area contributed by atoms with E-state index in [2.05, 4.69) is 43.3 Å². The molecule has 2 nitrogen and oxygen atoms in total. The third-order valence-corrected chi connectivity index (χ3v) is 1.94. The number of hydrogen-bond acceptors (Lipinski definition) is 2. The van der Waals surface area contributed by atoms with Crippen LogP contribution in [-0.4, -0.2) is 24.8 Å². The SMILES string of the molecule is CCCC(C)=O.CN(C)Cc1ccccc1. The third kappa shape index (κ3) is 9.41. The Bertz CT molecular complexity index is 280. The highest BCUT2D eigenvalue weighted by Gasteiger charge is 1.90. The molecule has 16 heavy (non-hydrogen) atoms. The number of benzene rings is 1. The van der Waals surface area contributed by atoms with Crippen molar-refractivity contribution >= 4 is 5.78 Å². The Morgan fingerprint density at radius 3 is 2.06 bits per heavy atom. The predicted molar refractivity (Wildman–Crippen MR) is 69.4 cm³/mol. The smallest absolute Gasteiger partial charge is 0.129 e. The van der Waals surface area contributed by atoms with Gasteiger partial charge in [0.1, 0.15) is 5.78 Å². The van der Waals surface area contributed by atoms with Gasteiger partial charge in [0.25, 0.3) is 0 Å². The standard InChI is InChI=1S/C9H13N.C5H10O/c1-10(2)8-9-6-4-3-5-7-9;1-3-4-5(2)6/h3-7H,8H2,1-2H3;3-4H2,1-2H3. The van der Waals surface area contributed by atoms with Gasteiger partial charge in [0.05, 0.1) is 0 Å². The van der Waals surface area contributed by atoms with E-state index in [-0.39, 0.29) is 5.78 Å². The van der Waals surface area contributed by atoms with Gasteiger partial charge in [-0.1, -0.05) is 37.3 Å². The molecule has 0 heterocycles. The fourth-order valence-corrected chi connectivity index (χ4v) is 1.30. The molecule has 0 unspecified atom stereocenters. The minimum Gasteiger partial charge on any atom is -0.305 e. The van der Waals surface area contributed by atoms with E-state index >= 15 is 0 Å². The molecule has 90 valence electrons. The van der Waals surface area contributed by atoms with Gasteiger partial charge in [0.2, 0.25) is 0 Å². The molecule has 0 N–H and O–H groups in total. The van der Waals surface area contributed by atoms with Gasteiger partial charge in [-0.3, -0.25) is 0 Å². The van der Waals surface area contributed by atoms with Gasteiger partial charge in [-0.05, 0) is 33.0 Å². The second-order valence-corrected chi connectivity index (χ2v) is 4.18. The van der Waals surface area contributed by atoms with Crippen molar-refractivity contribution in [3.63, 3.8) is 0 Å². The summed E-state index contributed by atoms with van der Waals surface area (Å²) in [7, 11) is 4.15. The normalized spacial score (nSPS) is 9.56. The molecule has 0 saturated heterocycles. The molecule has 1 rings (SSSR count). The molecule has 1 aromatic carbocycles. The molecule has 0 spiro atoms. The zero-order chi connectivity index (χ0) is 12.4. The van der Waals surface area contributed by atoms with Crippen LogP contribution in [0.2, 0.25) is 0 Å². The minimum absolute atomic E-state index is 0.289. The number of hydrogen-bond donors (Lipinski definition) is 0. The fraction of sp³-hybridized carbons (Fsp3) is 0.500. The van der Waals surface area contributed by atoms with Crippen molar-refractivity contribution in [3.8, 4) is 0 Å². The van der Waals surface area contributed by atoms with Gasteiger partial charge in [0, 0.05) is 13.0 Å². The highest BCUT2D eigenvalue weighted by atomic mass is 16.1. The van der Waals surface area contributed by atoms with Crippen LogP contribution in [0.25, 0.3) is 0 Å². The Morgan fingerprint density at radius 1 is 1.19 bits per heavy atom. The van der Waals surface area contributed by atoms with Gasteiger partial charge in [-0.25, -0.2) is 0 Å². The number of rotatable bonds is 4. The predicted octanol–water partition coefficient (Wildman–Crippen LogP) is 3.12. The number of carbonyl (C=O) groups is 1. The molecular weight excluding hydrogens is 198 g/mol. The summed E-state index contributed by atoms with van der Waals surface area (Å²) in [5.74, 6) is 0.289. The first-order valence-electron chi connectivity index (χ1n) is 5.74. The second-order valence-electron chi connectivity index (χ2n) is 4.18. The average molecular weight is 221 g/mol. The molecule has 2 heteroatoms. The fourth-order valence-electron chi connectivity index (χ4n) is 1.30. The van der Waals surface area contributed by atoms with E-state index in [1.165, 1.54) is 5.56 Å². The summed E-state index contributed by atoms with van der Waals surface area (Å²) < 4.78 is 0. The van der Waals surface area contributed by atoms with Gasteiger partial charge < -0.3 is 9.69 Å². The molecule has 0 aliphatic carbocycles. The molecule has 0 aliphatic rings. The maximum absolute atomic E-state index is 10.0. The Hall–Kier alpha value is -1.15. The Balaban J connectivity index is 0.000000325. The molecule has 0 amide bonds. The average Bonchev–Trinajstić information content (AvgIpc) is 2.18. The Labute approximate surface area is 99.3 Å². The van der Waals surface area contributed by atoms with E-state index in [1.807, 2.05) is 13.0 Å². The maximum atomic E-state index is 10.0. The van der Waals surface area contributed by atoms with Crippen molar-refractivity contribution in [1.29, 1.82) is 0 Å². The second kappa shape index (κ2) is 9.10. The van der Waals surface area contributed by atoms with Gasteiger partial charge in [-0.2, -0.15) is 0 Å². The topological polar surface area (TPSA) is 20.3 Å². The van der Waals surface area contributed by atoms with Crippen LogP contribution < -0.4 is 0 Å². The minimum atomic E-state index is 0.289. The Morgan fingerprint density at radius 2 is 1.75 bits per heavy atom. The van der Waals surface area contributed by atoms with Crippen LogP contribution >= 0.6 is 0 Å². The zero-order valence-corrected chi connectivity index (χ0v) is 10.9. The van der Waals surface area contributed by atoms with Gasteiger partial charge in [0.15, 0.2) is 0 Å². The van der Waals surface area contributed by atoms with E-state index in [4.69, 9.17) is 0 Å². The first-order chi connectivity index (χ1) is 7.56. The maximum Gasteiger partial charge on any atom is 0.129 e. The van der Waals surface area contributed by atoms with Crippen LogP contribution in [0.3, 0.4) is 0 Å². The first-order valence-corrected chi connectivity index (χ1v) is 5.74. The molecule has 1 aromatic rings. The number of carbonyl (C=O) groups excluding carboxylic acids is 1. The lowest BCUT2D eigenvalue weighted by Crippen LogP contribution is -2.10. The molecule has 0 fully saturated rings. The van der Waals surface area contributed by atoms with Crippen LogP contribution in [0.15, 0.2) is 30.3 Å². The van der Waals surface area contributed by atoms with Crippen molar-refractivity contribution in [1.82, 2.24) is 4.90 Å². The summed E-state index contributed by atoms with van der Waals surface area (Å²) in [5.41, 5.74) is 1.37. The van der Waals surface area contributed by atoms with E-state index < -0.39 is 0 Å².